The molecule has 0 saturated carbocycles. The lowest BCUT2D eigenvalue weighted by molar-refractivity contribution is -0.139. The van der Waals surface area contributed by atoms with Gasteiger partial charge in [0.1, 0.15) is 5.75 Å². The van der Waals surface area contributed by atoms with Gasteiger partial charge in [-0.05, 0) is 37.0 Å². The van der Waals surface area contributed by atoms with E-state index in [9.17, 15) is 9.59 Å². The molecule has 0 heterocycles. The smallest absolute Gasteiger partial charge is 0.305 e. The number of nitrogens with one attached hydrogen (secondary N) is 1. The van der Waals surface area contributed by atoms with Crippen molar-refractivity contribution < 1.29 is 19.4 Å². The number of ether oxygens (including phenoxy) is 1. The van der Waals surface area contributed by atoms with Gasteiger partial charge in [-0.2, -0.15) is 0 Å². The monoisotopic (exact) mass is 307 g/mol. The first kappa shape index (κ1) is 18.0. The predicted molar refractivity (Wildman–Crippen MR) is 85.1 cm³/mol. The SMILES string of the molecule is CCC(CC)(CC(=O)O)NC(=O)Cc1ccc(C)c(OC)c1. The Morgan fingerprint density at radius 1 is 1.27 bits per heavy atom. The number of carbonyl (C=O) groups is 2. The van der Waals surface area contributed by atoms with E-state index in [0.29, 0.717) is 12.8 Å². The van der Waals surface area contributed by atoms with E-state index in [0.717, 1.165) is 16.9 Å². The van der Waals surface area contributed by atoms with E-state index in [1.54, 1.807) is 7.11 Å². The van der Waals surface area contributed by atoms with E-state index >= 15 is 0 Å². The van der Waals surface area contributed by atoms with Crippen molar-refractivity contribution in [3.8, 4) is 5.75 Å². The maximum absolute atomic E-state index is 12.3. The molecular weight excluding hydrogens is 282 g/mol. The van der Waals surface area contributed by atoms with Gasteiger partial charge in [-0.3, -0.25) is 9.59 Å². The largest absolute Gasteiger partial charge is 0.496 e. The standard InChI is InChI=1S/C17H25NO4/c1-5-17(6-2,11-16(20)21)18-15(19)10-13-8-7-12(3)14(9-13)22-4/h7-9H,5-6,10-11H2,1-4H3,(H,18,19)(H,20,21). The van der Waals surface area contributed by atoms with Gasteiger partial charge in [-0.1, -0.05) is 26.0 Å². The highest BCUT2D eigenvalue weighted by Crippen LogP contribution is 2.22. The minimum absolute atomic E-state index is 0.0665. The van der Waals surface area contributed by atoms with Gasteiger partial charge in [0, 0.05) is 5.54 Å². The minimum atomic E-state index is -0.902. The van der Waals surface area contributed by atoms with Crippen LogP contribution in [0.25, 0.3) is 0 Å². The van der Waals surface area contributed by atoms with Crippen molar-refractivity contribution in [2.45, 2.75) is 52.0 Å². The first-order valence-corrected chi connectivity index (χ1v) is 7.52. The Morgan fingerprint density at radius 2 is 1.91 bits per heavy atom. The number of rotatable bonds is 8. The molecule has 0 aliphatic carbocycles. The molecule has 1 aromatic carbocycles. The van der Waals surface area contributed by atoms with Crippen molar-refractivity contribution >= 4 is 11.9 Å². The average Bonchev–Trinajstić information content (AvgIpc) is 2.47. The molecule has 0 aliphatic heterocycles. The van der Waals surface area contributed by atoms with Crippen LogP contribution >= 0.6 is 0 Å². The van der Waals surface area contributed by atoms with Gasteiger partial charge in [0.2, 0.25) is 5.91 Å². The van der Waals surface area contributed by atoms with E-state index in [4.69, 9.17) is 9.84 Å². The normalized spacial score (nSPS) is 11.1. The molecule has 1 rings (SSSR count). The first-order chi connectivity index (χ1) is 10.4. The molecule has 2 N–H and O–H groups in total. The van der Waals surface area contributed by atoms with E-state index in [1.165, 1.54) is 0 Å². The van der Waals surface area contributed by atoms with E-state index < -0.39 is 11.5 Å². The van der Waals surface area contributed by atoms with Gasteiger partial charge in [0.25, 0.3) is 0 Å². The van der Waals surface area contributed by atoms with Gasteiger partial charge in [0.05, 0.1) is 20.0 Å². The number of carboxylic acid groups (broad SMARTS) is 1. The number of hydrogen-bond acceptors (Lipinski definition) is 3. The highest BCUT2D eigenvalue weighted by Gasteiger charge is 2.30. The van der Waals surface area contributed by atoms with Crippen LogP contribution in [0.4, 0.5) is 0 Å². The number of hydrogen-bond donors (Lipinski definition) is 2. The Hall–Kier alpha value is -2.04. The molecule has 5 nitrogen and oxygen atoms in total. The number of aliphatic carboxylic acids is 1. The summed E-state index contributed by atoms with van der Waals surface area (Å²) >= 11 is 0. The fourth-order valence-corrected chi connectivity index (χ4v) is 2.51. The zero-order chi connectivity index (χ0) is 16.8. The van der Waals surface area contributed by atoms with Gasteiger partial charge < -0.3 is 15.2 Å². The maximum Gasteiger partial charge on any atom is 0.305 e. The number of methoxy groups -OCH3 is 1. The second-order valence-electron chi connectivity index (χ2n) is 5.59. The molecule has 0 aromatic heterocycles. The molecule has 0 unspecified atom stereocenters. The summed E-state index contributed by atoms with van der Waals surface area (Å²) in [5.41, 5.74) is 1.17. The number of carbonyl (C=O) groups excluding carboxylic acids is 1. The van der Waals surface area contributed by atoms with Crippen LogP contribution in [0.5, 0.6) is 5.75 Å². The summed E-state index contributed by atoms with van der Waals surface area (Å²) in [6.07, 6.45) is 1.30. The molecular formula is C17H25NO4. The summed E-state index contributed by atoms with van der Waals surface area (Å²) < 4.78 is 5.25. The van der Waals surface area contributed by atoms with Crippen molar-refractivity contribution in [3.05, 3.63) is 29.3 Å². The van der Waals surface area contributed by atoms with Gasteiger partial charge in [-0.15, -0.1) is 0 Å². The van der Waals surface area contributed by atoms with Crippen molar-refractivity contribution in [1.82, 2.24) is 5.32 Å². The first-order valence-electron chi connectivity index (χ1n) is 7.52. The van der Waals surface area contributed by atoms with E-state index in [-0.39, 0.29) is 18.7 Å². The highest BCUT2D eigenvalue weighted by atomic mass is 16.5. The lowest BCUT2D eigenvalue weighted by Gasteiger charge is -2.31. The van der Waals surface area contributed by atoms with Crippen LogP contribution in [0, 0.1) is 6.92 Å². The van der Waals surface area contributed by atoms with Gasteiger partial charge in [-0.25, -0.2) is 0 Å². The quantitative estimate of drug-likeness (QED) is 0.774. The summed E-state index contributed by atoms with van der Waals surface area (Å²) in [6, 6.07) is 5.63. The number of carboxylic acids is 1. The Bertz CT molecular complexity index is 535. The Kier molecular flexibility index (Phi) is 6.40. The third-order valence-electron chi connectivity index (χ3n) is 4.08. The number of benzene rings is 1. The number of aryl methyl sites for hydroxylation is 1. The molecule has 0 radical (unpaired) electrons. The van der Waals surface area contributed by atoms with Crippen molar-refractivity contribution in [1.29, 1.82) is 0 Å². The van der Waals surface area contributed by atoms with Crippen molar-refractivity contribution in [2.75, 3.05) is 7.11 Å². The van der Waals surface area contributed by atoms with Crippen LogP contribution in [0.15, 0.2) is 18.2 Å². The summed E-state index contributed by atoms with van der Waals surface area (Å²) in [7, 11) is 1.60. The van der Waals surface area contributed by atoms with Crippen LogP contribution in [0.3, 0.4) is 0 Å². The molecule has 1 aromatic rings. The molecule has 0 bridgehead atoms. The Balaban J connectivity index is 2.81. The topological polar surface area (TPSA) is 75.6 Å². The Morgan fingerprint density at radius 3 is 2.41 bits per heavy atom. The predicted octanol–water partition coefficient (Wildman–Crippen LogP) is 2.70. The molecule has 5 heteroatoms. The van der Waals surface area contributed by atoms with E-state index in [2.05, 4.69) is 5.32 Å². The zero-order valence-electron chi connectivity index (χ0n) is 13.7. The van der Waals surface area contributed by atoms with Crippen molar-refractivity contribution in [2.24, 2.45) is 0 Å². The Labute approximate surface area is 131 Å². The minimum Gasteiger partial charge on any atom is -0.496 e. The maximum atomic E-state index is 12.3. The molecule has 122 valence electrons. The molecule has 0 aliphatic rings. The lowest BCUT2D eigenvalue weighted by Crippen LogP contribution is -2.49. The molecule has 0 saturated heterocycles. The molecule has 1 amide bonds. The fourth-order valence-electron chi connectivity index (χ4n) is 2.51. The molecule has 0 spiro atoms. The summed E-state index contributed by atoms with van der Waals surface area (Å²) in [5.74, 6) is -0.329. The zero-order valence-corrected chi connectivity index (χ0v) is 13.7. The summed E-state index contributed by atoms with van der Waals surface area (Å²) in [6.45, 7) is 5.72. The van der Waals surface area contributed by atoms with Gasteiger partial charge in [0.15, 0.2) is 0 Å². The van der Waals surface area contributed by atoms with E-state index in [1.807, 2.05) is 39.0 Å². The van der Waals surface area contributed by atoms with Crippen LogP contribution in [0.1, 0.15) is 44.2 Å². The third-order valence-corrected chi connectivity index (χ3v) is 4.08. The molecule has 22 heavy (non-hydrogen) atoms. The van der Waals surface area contributed by atoms with Crippen LogP contribution in [-0.4, -0.2) is 29.6 Å². The number of amides is 1. The van der Waals surface area contributed by atoms with Gasteiger partial charge >= 0.3 is 5.97 Å². The summed E-state index contributed by atoms with van der Waals surface area (Å²) in [5, 5.41) is 11.9. The van der Waals surface area contributed by atoms with Crippen LogP contribution in [0.2, 0.25) is 0 Å². The second kappa shape index (κ2) is 7.82. The average molecular weight is 307 g/mol. The highest BCUT2D eigenvalue weighted by molar-refractivity contribution is 5.80. The van der Waals surface area contributed by atoms with Crippen LogP contribution in [-0.2, 0) is 16.0 Å². The van der Waals surface area contributed by atoms with Crippen LogP contribution < -0.4 is 10.1 Å². The summed E-state index contributed by atoms with van der Waals surface area (Å²) in [4.78, 5) is 23.3. The molecule has 0 fully saturated rings. The molecule has 0 atom stereocenters. The van der Waals surface area contributed by atoms with Crippen molar-refractivity contribution in [3.63, 3.8) is 0 Å². The lowest BCUT2D eigenvalue weighted by atomic mass is 9.88. The third kappa shape index (κ3) is 4.76. The fraction of sp³-hybridized carbons (Fsp3) is 0.529. The second-order valence-corrected chi connectivity index (χ2v) is 5.59.